The second-order valence-corrected chi connectivity index (χ2v) is 4.92. The average Bonchev–Trinajstić information content (AvgIpc) is 2.48. The summed E-state index contributed by atoms with van der Waals surface area (Å²) >= 11 is 6.00. The van der Waals surface area contributed by atoms with Crippen LogP contribution in [0.2, 0.25) is 0 Å². The van der Waals surface area contributed by atoms with E-state index < -0.39 is 11.3 Å². The molecule has 0 aliphatic heterocycles. The maximum absolute atomic E-state index is 12.8. The molecular weight excluding hydrogens is 279 g/mol. The number of alkyl halides is 1. The third kappa shape index (κ3) is 4.35. The molecule has 1 unspecified atom stereocenters. The molecule has 4 heteroatoms. The van der Waals surface area contributed by atoms with Gasteiger partial charge in [-0.1, -0.05) is 42.5 Å². The maximum atomic E-state index is 12.8. The first-order valence-corrected chi connectivity index (χ1v) is 6.68. The van der Waals surface area contributed by atoms with Gasteiger partial charge in [-0.25, -0.2) is 4.39 Å². The van der Waals surface area contributed by atoms with Crippen molar-refractivity contribution in [2.45, 2.75) is 18.4 Å². The Hall–Kier alpha value is -1.87. The molecule has 104 valence electrons. The highest BCUT2D eigenvalue weighted by atomic mass is 35.5. The minimum Gasteiger partial charge on any atom is -0.460 e. The van der Waals surface area contributed by atoms with Crippen LogP contribution in [0, 0.1) is 5.82 Å². The Morgan fingerprint density at radius 2 is 1.70 bits per heavy atom. The van der Waals surface area contributed by atoms with Gasteiger partial charge in [-0.15, -0.1) is 11.6 Å². The first-order valence-electron chi connectivity index (χ1n) is 6.24. The van der Waals surface area contributed by atoms with Gasteiger partial charge >= 0.3 is 5.97 Å². The minimum absolute atomic E-state index is 0.201. The van der Waals surface area contributed by atoms with Crippen molar-refractivity contribution in [1.82, 2.24) is 0 Å². The summed E-state index contributed by atoms with van der Waals surface area (Å²) in [5.74, 6) is -0.786. The summed E-state index contributed by atoms with van der Waals surface area (Å²) in [5.41, 5.74) is 1.70. The molecule has 20 heavy (non-hydrogen) atoms. The molecule has 0 spiro atoms. The standard InChI is InChI=1S/C16H14ClFO2/c17-15(10-12-6-8-14(18)9-7-12)16(19)20-11-13-4-2-1-3-5-13/h1-9,15H,10-11H2. The molecule has 2 aromatic rings. The van der Waals surface area contributed by atoms with Crippen LogP contribution in [0.5, 0.6) is 0 Å². The van der Waals surface area contributed by atoms with E-state index in [2.05, 4.69) is 0 Å². The van der Waals surface area contributed by atoms with E-state index in [1.165, 1.54) is 12.1 Å². The molecule has 0 fully saturated rings. The van der Waals surface area contributed by atoms with Crippen LogP contribution in [0.1, 0.15) is 11.1 Å². The fourth-order valence-corrected chi connectivity index (χ4v) is 1.97. The highest BCUT2D eigenvalue weighted by Gasteiger charge is 2.17. The Kier molecular flexibility index (Phi) is 5.13. The molecular formula is C16H14ClFO2. The van der Waals surface area contributed by atoms with Gasteiger partial charge in [0.15, 0.2) is 0 Å². The van der Waals surface area contributed by atoms with Crippen molar-refractivity contribution in [2.24, 2.45) is 0 Å². The Labute approximate surface area is 122 Å². The summed E-state index contributed by atoms with van der Waals surface area (Å²) < 4.78 is 17.9. The Morgan fingerprint density at radius 1 is 1.05 bits per heavy atom. The highest BCUT2D eigenvalue weighted by Crippen LogP contribution is 2.12. The SMILES string of the molecule is O=C(OCc1ccccc1)C(Cl)Cc1ccc(F)cc1. The van der Waals surface area contributed by atoms with E-state index in [1.54, 1.807) is 12.1 Å². The predicted molar refractivity (Wildman–Crippen MR) is 76.0 cm³/mol. The Bertz CT molecular complexity index is 554. The van der Waals surface area contributed by atoms with Crippen LogP contribution in [0.4, 0.5) is 4.39 Å². The molecule has 0 aromatic heterocycles. The molecule has 0 N–H and O–H groups in total. The fourth-order valence-electron chi connectivity index (χ4n) is 1.73. The highest BCUT2D eigenvalue weighted by molar-refractivity contribution is 6.30. The summed E-state index contributed by atoms with van der Waals surface area (Å²) in [6.07, 6.45) is 0.315. The van der Waals surface area contributed by atoms with Crippen molar-refractivity contribution in [3.63, 3.8) is 0 Å². The molecule has 0 saturated carbocycles. The maximum Gasteiger partial charge on any atom is 0.324 e. The number of halogens is 2. The lowest BCUT2D eigenvalue weighted by Gasteiger charge is -2.10. The Balaban J connectivity index is 1.84. The smallest absolute Gasteiger partial charge is 0.324 e. The number of esters is 1. The molecule has 0 bridgehead atoms. The van der Waals surface area contributed by atoms with Crippen LogP contribution in [-0.4, -0.2) is 11.3 Å². The zero-order valence-corrected chi connectivity index (χ0v) is 11.5. The van der Waals surface area contributed by atoms with Crippen LogP contribution in [-0.2, 0) is 22.6 Å². The fraction of sp³-hybridized carbons (Fsp3) is 0.188. The van der Waals surface area contributed by atoms with Gasteiger partial charge in [0, 0.05) is 0 Å². The predicted octanol–water partition coefficient (Wildman–Crippen LogP) is 3.72. The molecule has 0 aliphatic carbocycles. The lowest BCUT2D eigenvalue weighted by atomic mass is 10.1. The van der Waals surface area contributed by atoms with E-state index in [0.717, 1.165) is 11.1 Å². The second kappa shape index (κ2) is 7.06. The van der Waals surface area contributed by atoms with Crippen LogP contribution >= 0.6 is 11.6 Å². The normalized spacial score (nSPS) is 11.9. The van der Waals surface area contributed by atoms with E-state index in [4.69, 9.17) is 16.3 Å². The zero-order valence-electron chi connectivity index (χ0n) is 10.8. The molecule has 0 aliphatic rings. The lowest BCUT2D eigenvalue weighted by Crippen LogP contribution is -2.20. The van der Waals surface area contributed by atoms with Gasteiger partial charge in [-0.2, -0.15) is 0 Å². The number of hydrogen-bond donors (Lipinski definition) is 0. The van der Waals surface area contributed by atoms with E-state index in [0.29, 0.717) is 6.42 Å². The van der Waals surface area contributed by atoms with Gasteiger partial charge in [0.05, 0.1) is 0 Å². The molecule has 0 amide bonds. The first kappa shape index (κ1) is 14.5. The van der Waals surface area contributed by atoms with Gasteiger partial charge in [0.2, 0.25) is 0 Å². The number of carbonyl (C=O) groups is 1. The zero-order chi connectivity index (χ0) is 14.4. The summed E-state index contributed by atoms with van der Waals surface area (Å²) in [4.78, 5) is 11.8. The van der Waals surface area contributed by atoms with E-state index in [1.807, 2.05) is 30.3 Å². The van der Waals surface area contributed by atoms with Crippen molar-refractivity contribution in [3.05, 3.63) is 71.5 Å². The number of carbonyl (C=O) groups excluding carboxylic acids is 1. The summed E-state index contributed by atoms with van der Waals surface area (Å²) in [6, 6.07) is 15.3. The largest absolute Gasteiger partial charge is 0.460 e. The van der Waals surface area contributed by atoms with Gasteiger partial charge in [0.1, 0.15) is 17.8 Å². The third-order valence-electron chi connectivity index (χ3n) is 2.81. The van der Waals surface area contributed by atoms with E-state index >= 15 is 0 Å². The molecule has 0 radical (unpaired) electrons. The van der Waals surface area contributed by atoms with Crippen molar-refractivity contribution >= 4 is 17.6 Å². The monoisotopic (exact) mass is 292 g/mol. The number of hydrogen-bond acceptors (Lipinski definition) is 2. The molecule has 2 nitrogen and oxygen atoms in total. The topological polar surface area (TPSA) is 26.3 Å². The molecule has 0 heterocycles. The number of benzene rings is 2. The molecule has 0 saturated heterocycles. The van der Waals surface area contributed by atoms with Crippen LogP contribution in [0.25, 0.3) is 0 Å². The second-order valence-electron chi connectivity index (χ2n) is 4.39. The Morgan fingerprint density at radius 3 is 2.35 bits per heavy atom. The van der Waals surface area contributed by atoms with Crippen molar-refractivity contribution in [1.29, 1.82) is 0 Å². The van der Waals surface area contributed by atoms with Crippen LogP contribution < -0.4 is 0 Å². The van der Waals surface area contributed by atoms with Crippen molar-refractivity contribution in [2.75, 3.05) is 0 Å². The number of ether oxygens (including phenoxy) is 1. The summed E-state index contributed by atoms with van der Waals surface area (Å²) in [6.45, 7) is 0.201. The molecule has 2 aromatic carbocycles. The quantitative estimate of drug-likeness (QED) is 0.620. The summed E-state index contributed by atoms with van der Waals surface area (Å²) in [5, 5.41) is -0.774. The first-order chi connectivity index (χ1) is 9.65. The van der Waals surface area contributed by atoms with Crippen molar-refractivity contribution in [3.8, 4) is 0 Å². The molecule has 1 atom stereocenters. The lowest BCUT2D eigenvalue weighted by molar-refractivity contribution is -0.144. The van der Waals surface area contributed by atoms with Gasteiger partial charge in [-0.05, 0) is 29.7 Å². The number of rotatable bonds is 5. The van der Waals surface area contributed by atoms with E-state index in [-0.39, 0.29) is 12.4 Å². The third-order valence-corrected chi connectivity index (χ3v) is 3.14. The van der Waals surface area contributed by atoms with Gasteiger partial charge in [0.25, 0.3) is 0 Å². The van der Waals surface area contributed by atoms with Crippen LogP contribution in [0.15, 0.2) is 54.6 Å². The van der Waals surface area contributed by atoms with E-state index in [9.17, 15) is 9.18 Å². The molecule has 2 rings (SSSR count). The van der Waals surface area contributed by atoms with Crippen molar-refractivity contribution < 1.29 is 13.9 Å². The van der Waals surface area contributed by atoms with Crippen LogP contribution in [0.3, 0.4) is 0 Å². The van der Waals surface area contributed by atoms with Gasteiger partial charge < -0.3 is 4.74 Å². The average molecular weight is 293 g/mol. The minimum atomic E-state index is -0.774. The summed E-state index contributed by atoms with van der Waals surface area (Å²) in [7, 11) is 0. The van der Waals surface area contributed by atoms with Gasteiger partial charge in [-0.3, -0.25) is 4.79 Å².